The monoisotopic (exact) mass is 405 g/mol. The fourth-order valence-electron chi connectivity index (χ4n) is 2.27. The van der Waals surface area contributed by atoms with Gasteiger partial charge in [0.1, 0.15) is 13.7 Å². The highest BCUT2D eigenvalue weighted by molar-refractivity contribution is 7.91. The molecule has 2 aromatic rings. The van der Waals surface area contributed by atoms with Crippen LogP contribution in [0.1, 0.15) is 17.3 Å². The first-order chi connectivity index (χ1) is 13.0. The van der Waals surface area contributed by atoms with E-state index in [4.69, 9.17) is 7.85 Å². The van der Waals surface area contributed by atoms with Crippen LogP contribution in [0.3, 0.4) is 0 Å². The van der Waals surface area contributed by atoms with Crippen LogP contribution in [0.5, 0.6) is 0 Å². The molecule has 0 saturated carbocycles. The number of amides is 2. The molecular formula is C17H17BFN3O5S. The molecule has 146 valence electrons. The molecule has 11 heteroatoms. The summed E-state index contributed by atoms with van der Waals surface area (Å²) < 4.78 is 39.1. The number of carbonyl (C=O) groups excluding carboxylic acids is 2. The molecule has 8 nitrogen and oxygen atoms in total. The largest absolute Gasteiger partial charge is 0.379 e. The van der Waals surface area contributed by atoms with Gasteiger partial charge in [0, 0.05) is 13.2 Å². The molecule has 2 radical (unpaired) electrons. The summed E-state index contributed by atoms with van der Waals surface area (Å²) in [6.45, 7) is 1.01. The van der Waals surface area contributed by atoms with E-state index < -0.39 is 43.7 Å². The van der Waals surface area contributed by atoms with Crippen LogP contribution in [0, 0.1) is 5.82 Å². The van der Waals surface area contributed by atoms with Crippen molar-refractivity contribution < 1.29 is 27.5 Å². The van der Waals surface area contributed by atoms with Gasteiger partial charge in [-0.3, -0.25) is 14.6 Å². The maximum Gasteiger partial charge on any atom is 0.257 e. The van der Waals surface area contributed by atoms with Gasteiger partial charge in [-0.25, -0.2) is 12.8 Å². The lowest BCUT2D eigenvalue weighted by Gasteiger charge is -2.22. The number of rotatable bonds is 6. The highest BCUT2D eigenvalue weighted by atomic mass is 32.2. The van der Waals surface area contributed by atoms with E-state index >= 15 is 0 Å². The number of hydrogen-bond acceptors (Lipinski definition) is 6. The van der Waals surface area contributed by atoms with E-state index in [1.54, 1.807) is 0 Å². The zero-order valence-corrected chi connectivity index (χ0v) is 15.9. The Kier molecular flexibility index (Phi) is 6.20. The van der Waals surface area contributed by atoms with Crippen molar-refractivity contribution in [1.82, 2.24) is 10.3 Å². The van der Waals surface area contributed by atoms with Crippen molar-refractivity contribution in [3.8, 4) is 0 Å². The topological polar surface area (TPSA) is 125 Å². The zero-order chi connectivity index (χ0) is 21.1. The smallest absolute Gasteiger partial charge is 0.257 e. The lowest BCUT2D eigenvalue weighted by atomic mass is 10.0. The van der Waals surface area contributed by atoms with Crippen LogP contribution < -0.4 is 16.2 Å². The summed E-state index contributed by atoms with van der Waals surface area (Å²) in [5.74, 6) is -3.76. The first kappa shape index (κ1) is 21.5. The Morgan fingerprint density at radius 2 is 1.96 bits per heavy atom. The third kappa shape index (κ3) is 4.93. The summed E-state index contributed by atoms with van der Waals surface area (Å²) in [7, 11) is 2.49. The third-order valence-electron chi connectivity index (χ3n) is 3.78. The first-order valence-corrected chi connectivity index (χ1v) is 9.61. The van der Waals surface area contributed by atoms with Crippen LogP contribution in [0.2, 0.25) is 0 Å². The minimum absolute atomic E-state index is 0.206. The van der Waals surface area contributed by atoms with Crippen molar-refractivity contribution in [3.05, 3.63) is 47.9 Å². The van der Waals surface area contributed by atoms with E-state index in [1.165, 1.54) is 25.4 Å². The SMILES string of the molecule is [B]c1ccc(NC(=O)[C@@](C)(O)CS(=O)(=O)c2ccc(C(=O)NC)c(F)c2)cn1. The summed E-state index contributed by atoms with van der Waals surface area (Å²) in [6.07, 6.45) is 1.24. The van der Waals surface area contributed by atoms with E-state index in [0.717, 1.165) is 19.1 Å². The number of aromatic nitrogens is 1. The van der Waals surface area contributed by atoms with E-state index in [-0.39, 0.29) is 16.8 Å². The van der Waals surface area contributed by atoms with Crippen molar-refractivity contribution in [3.63, 3.8) is 0 Å². The molecule has 0 aliphatic carbocycles. The second-order valence-corrected chi connectivity index (χ2v) is 8.17. The lowest BCUT2D eigenvalue weighted by Crippen LogP contribution is -2.45. The maximum atomic E-state index is 14.0. The van der Waals surface area contributed by atoms with Gasteiger partial charge in [0.25, 0.3) is 11.8 Å². The number of benzene rings is 1. The molecule has 2 rings (SSSR count). The predicted molar refractivity (Wildman–Crippen MR) is 101 cm³/mol. The van der Waals surface area contributed by atoms with Gasteiger partial charge >= 0.3 is 0 Å². The minimum Gasteiger partial charge on any atom is -0.379 e. The Morgan fingerprint density at radius 1 is 1.29 bits per heavy atom. The highest BCUT2D eigenvalue weighted by Gasteiger charge is 2.37. The average molecular weight is 405 g/mol. The van der Waals surface area contributed by atoms with Gasteiger partial charge in [0.05, 0.1) is 21.9 Å². The van der Waals surface area contributed by atoms with Crippen molar-refractivity contribution in [1.29, 1.82) is 0 Å². The maximum absolute atomic E-state index is 14.0. The number of sulfone groups is 1. The highest BCUT2D eigenvalue weighted by Crippen LogP contribution is 2.21. The average Bonchev–Trinajstić information content (AvgIpc) is 2.62. The number of pyridine rings is 1. The minimum atomic E-state index is -4.25. The molecule has 2 amide bonds. The Morgan fingerprint density at radius 3 is 2.50 bits per heavy atom. The molecule has 1 aromatic carbocycles. The van der Waals surface area contributed by atoms with Gasteiger partial charge in [0.15, 0.2) is 15.4 Å². The third-order valence-corrected chi connectivity index (χ3v) is 5.69. The fourth-order valence-corrected chi connectivity index (χ4v) is 3.87. The molecule has 0 fully saturated rings. The Balaban J connectivity index is 2.21. The number of nitrogens with zero attached hydrogens (tertiary/aromatic N) is 1. The van der Waals surface area contributed by atoms with Crippen LogP contribution in [0.15, 0.2) is 41.4 Å². The van der Waals surface area contributed by atoms with Crippen LogP contribution in [0.4, 0.5) is 10.1 Å². The van der Waals surface area contributed by atoms with Gasteiger partial charge in [-0.15, -0.1) is 0 Å². The van der Waals surface area contributed by atoms with Crippen LogP contribution in [-0.2, 0) is 14.6 Å². The van der Waals surface area contributed by atoms with E-state index in [2.05, 4.69) is 15.6 Å². The fraction of sp³-hybridized carbons (Fsp3) is 0.235. The molecule has 0 aliphatic heterocycles. The summed E-state index contributed by atoms with van der Waals surface area (Å²) >= 11 is 0. The number of aliphatic hydroxyl groups is 1. The quantitative estimate of drug-likeness (QED) is 0.559. The zero-order valence-electron chi connectivity index (χ0n) is 15.1. The molecule has 3 N–H and O–H groups in total. The normalized spacial score (nSPS) is 13.4. The molecule has 0 spiro atoms. The van der Waals surface area contributed by atoms with Crippen molar-refractivity contribution >= 4 is 40.8 Å². The van der Waals surface area contributed by atoms with E-state index in [0.29, 0.717) is 6.07 Å². The molecule has 0 aliphatic rings. The second kappa shape index (κ2) is 8.07. The molecule has 1 aromatic heterocycles. The summed E-state index contributed by atoms with van der Waals surface area (Å²) in [5.41, 5.74) is -2.23. The predicted octanol–water partition coefficient (Wildman–Crippen LogP) is -0.462. The van der Waals surface area contributed by atoms with E-state index in [1.807, 2.05) is 0 Å². The van der Waals surface area contributed by atoms with Gasteiger partial charge in [-0.2, -0.15) is 0 Å². The first-order valence-electron chi connectivity index (χ1n) is 7.96. The molecular weight excluding hydrogens is 388 g/mol. The molecule has 1 atom stereocenters. The Bertz CT molecular complexity index is 1010. The van der Waals surface area contributed by atoms with Gasteiger partial charge in [-0.05, 0) is 42.8 Å². The van der Waals surface area contributed by atoms with Crippen LogP contribution in [-0.4, -0.2) is 56.6 Å². The molecule has 0 saturated heterocycles. The van der Waals surface area contributed by atoms with Crippen molar-refractivity contribution in [2.45, 2.75) is 17.4 Å². The van der Waals surface area contributed by atoms with Gasteiger partial charge in [-0.1, -0.05) is 0 Å². The molecule has 28 heavy (non-hydrogen) atoms. The molecule has 0 unspecified atom stereocenters. The summed E-state index contributed by atoms with van der Waals surface area (Å²) in [6, 6.07) is 5.55. The van der Waals surface area contributed by atoms with Crippen LogP contribution >= 0.6 is 0 Å². The number of carbonyl (C=O) groups is 2. The molecule has 0 bridgehead atoms. The Hall–Kier alpha value is -2.79. The number of anilines is 1. The van der Waals surface area contributed by atoms with Gasteiger partial charge < -0.3 is 15.7 Å². The Labute approximate surface area is 162 Å². The standard InChI is InChI=1S/C17H17BFN3O5S/c1-17(25,16(24)22-10-3-6-14(18)21-8-10)9-28(26,27)11-4-5-12(13(19)7-11)15(23)20-2/h3-8,25H,9H2,1-2H3,(H,20,23)(H,22,24)/t17-/m0/s1. The van der Waals surface area contributed by atoms with Gasteiger partial charge in [0.2, 0.25) is 0 Å². The summed E-state index contributed by atoms with van der Waals surface area (Å²) in [5, 5.41) is 14.9. The second-order valence-electron chi connectivity index (χ2n) is 6.18. The van der Waals surface area contributed by atoms with Crippen molar-refractivity contribution in [2.24, 2.45) is 0 Å². The van der Waals surface area contributed by atoms with E-state index in [9.17, 15) is 27.5 Å². The molecule has 1 heterocycles. The van der Waals surface area contributed by atoms with Crippen LogP contribution in [0.25, 0.3) is 0 Å². The number of nitrogens with one attached hydrogen (secondary N) is 2. The lowest BCUT2D eigenvalue weighted by molar-refractivity contribution is -0.130. The number of halogens is 1. The summed E-state index contributed by atoms with van der Waals surface area (Å²) in [4.78, 5) is 27.1. The van der Waals surface area contributed by atoms with Crippen molar-refractivity contribution in [2.75, 3.05) is 18.1 Å². The number of hydrogen-bond donors (Lipinski definition) is 3.